The van der Waals surface area contributed by atoms with E-state index >= 15 is 0 Å². The average Bonchev–Trinajstić information content (AvgIpc) is 2.57. The first-order valence-electron chi connectivity index (χ1n) is 8.77. The molecule has 0 aliphatic heterocycles. The van der Waals surface area contributed by atoms with Crippen LogP contribution in [-0.2, 0) is 21.1 Å². The highest BCUT2D eigenvalue weighted by molar-refractivity contribution is 14.0. The number of hydrogen-bond acceptors (Lipinski definition) is 5. The van der Waals surface area contributed by atoms with Crippen LogP contribution in [0.25, 0.3) is 0 Å². The van der Waals surface area contributed by atoms with Gasteiger partial charge in [-0.25, -0.2) is 13.4 Å². The normalized spacial score (nSPS) is 11.6. The number of aryl methyl sites for hydroxylation is 1. The van der Waals surface area contributed by atoms with Crippen LogP contribution < -0.4 is 15.4 Å². The summed E-state index contributed by atoms with van der Waals surface area (Å²) in [6, 6.07) is 6.03. The Hall–Kier alpha value is -1.07. The zero-order valence-electron chi connectivity index (χ0n) is 16.6. The van der Waals surface area contributed by atoms with E-state index in [9.17, 15) is 8.42 Å². The lowest BCUT2D eigenvalue weighted by Crippen LogP contribution is -2.38. The second-order valence-corrected chi connectivity index (χ2v) is 8.32. The smallest absolute Gasteiger partial charge is 0.191 e. The first kappa shape index (κ1) is 25.9. The zero-order chi connectivity index (χ0) is 19.4. The molecule has 0 amide bonds. The van der Waals surface area contributed by atoms with Crippen molar-refractivity contribution in [3.8, 4) is 5.75 Å². The second kappa shape index (κ2) is 14.0. The molecule has 7 nitrogen and oxygen atoms in total. The lowest BCUT2D eigenvalue weighted by molar-refractivity contribution is 0.145. The van der Waals surface area contributed by atoms with Crippen molar-refractivity contribution in [2.75, 3.05) is 45.4 Å². The molecule has 0 aliphatic carbocycles. The summed E-state index contributed by atoms with van der Waals surface area (Å²) in [5, 5.41) is 6.32. The van der Waals surface area contributed by atoms with Crippen molar-refractivity contribution >= 4 is 39.8 Å². The summed E-state index contributed by atoms with van der Waals surface area (Å²) in [4.78, 5) is 4.57. The molecule has 0 unspecified atom stereocenters. The number of rotatable bonds is 11. The lowest BCUT2D eigenvalue weighted by Gasteiger charge is -2.13. The Morgan fingerprint density at radius 1 is 1.22 bits per heavy atom. The number of sulfone groups is 1. The first-order valence-corrected chi connectivity index (χ1v) is 10.8. The van der Waals surface area contributed by atoms with Crippen molar-refractivity contribution in [1.29, 1.82) is 0 Å². The predicted molar refractivity (Wildman–Crippen MR) is 121 cm³/mol. The summed E-state index contributed by atoms with van der Waals surface area (Å²) in [5.41, 5.74) is 2.11. The molecule has 0 bridgehead atoms. The summed E-state index contributed by atoms with van der Waals surface area (Å²) < 4.78 is 33.2. The Kier molecular flexibility index (Phi) is 13.4. The van der Waals surface area contributed by atoms with Gasteiger partial charge in [-0.05, 0) is 31.9 Å². The standard InChI is InChI=1S/C18H31N3O4S.HI/c1-5-19-18(20-9-6-12-26(4,22)23)21-14-16-8-7-15(2)13-17(16)25-11-10-24-3;/h7-8,13H,5-6,9-12,14H2,1-4H3,(H2,19,20,21);1H. The van der Waals surface area contributed by atoms with E-state index in [1.165, 1.54) is 6.26 Å². The van der Waals surface area contributed by atoms with Gasteiger partial charge in [0.15, 0.2) is 5.96 Å². The van der Waals surface area contributed by atoms with Gasteiger partial charge in [0.1, 0.15) is 22.2 Å². The molecule has 0 heterocycles. The van der Waals surface area contributed by atoms with E-state index in [0.29, 0.717) is 38.7 Å². The number of halogens is 1. The van der Waals surface area contributed by atoms with Gasteiger partial charge in [-0.2, -0.15) is 0 Å². The molecule has 9 heteroatoms. The molecular weight excluding hydrogens is 481 g/mol. The fourth-order valence-electron chi connectivity index (χ4n) is 2.21. The van der Waals surface area contributed by atoms with E-state index < -0.39 is 9.84 Å². The van der Waals surface area contributed by atoms with Crippen LogP contribution in [0.15, 0.2) is 23.2 Å². The maximum atomic E-state index is 11.2. The Morgan fingerprint density at radius 3 is 2.59 bits per heavy atom. The van der Waals surface area contributed by atoms with Gasteiger partial charge < -0.3 is 20.1 Å². The van der Waals surface area contributed by atoms with Gasteiger partial charge in [0.25, 0.3) is 0 Å². The minimum absolute atomic E-state index is 0. The Morgan fingerprint density at radius 2 is 1.96 bits per heavy atom. The van der Waals surface area contributed by atoms with Gasteiger partial charge >= 0.3 is 0 Å². The summed E-state index contributed by atoms with van der Waals surface area (Å²) in [7, 11) is -1.30. The SMILES string of the molecule is CCNC(=NCc1ccc(C)cc1OCCOC)NCCCS(C)(=O)=O.I. The van der Waals surface area contributed by atoms with Gasteiger partial charge in [-0.1, -0.05) is 12.1 Å². The van der Waals surface area contributed by atoms with Crippen LogP contribution in [0.1, 0.15) is 24.5 Å². The van der Waals surface area contributed by atoms with Crippen molar-refractivity contribution in [2.45, 2.75) is 26.8 Å². The van der Waals surface area contributed by atoms with E-state index in [1.54, 1.807) is 7.11 Å². The molecule has 2 N–H and O–H groups in total. The molecule has 0 radical (unpaired) electrons. The number of ether oxygens (including phenoxy) is 2. The highest BCUT2D eigenvalue weighted by Crippen LogP contribution is 2.21. The second-order valence-electron chi connectivity index (χ2n) is 6.06. The monoisotopic (exact) mass is 513 g/mol. The van der Waals surface area contributed by atoms with Gasteiger partial charge in [0, 0.05) is 32.0 Å². The van der Waals surface area contributed by atoms with Gasteiger partial charge in [-0.3, -0.25) is 0 Å². The molecule has 1 aromatic rings. The number of aliphatic imine (C=N–C) groups is 1. The minimum atomic E-state index is -2.94. The summed E-state index contributed by atoms with van der Waals surface area (Å²) in [6.07, 6.45) is 1.79. The number of methoxy groups -OCH3 is 1. The molecule has 1 rings (SSSR count). The third kappa shape index (κ3) is 12.1. The maximum absolute atomic E-state index is 11.2. The van der Waals surface area contributed by atoms with E-state index in [1.807, 2.05) is 32.0 Å². The van der Waals surface area contributed by atoms with Gasteiger partial charge in [0.05, 0.1) is 18.9 Å². The van der Waals surface area contributed by atoms with Crippen molar-refractivity contribution in [1.82, 2.24) is 10.6 Å². The van der Waals surface area contributed by atoms with E-state index in [4.69, 9.17) is 9.47 Å². The number of nitrogens with one attached hydrogen (secondary N) is 2. The first-order chi connectivity index (χ1) is 12.4. The Bertz CT molecular complexity index is 681. The van der Waals surface area contributed by atoms with Crippen molar-refractivity contribution < 1.29 is 17.9 Å². The molecule has 0 saturated carbocycles. The van der Waals surface area contributed by atoms with Gasteiger partial charge in [-0.15, -0.1) is 24.0 Å². The molecule has 0 fully saturated rings. The number of guanidine groups is 1. The Labute approximate surface area is 180 Å². The highest BCUT2D eigenvalue weighted by Gasteiger charge is 2.06. The molecule has 0 spiro atoms. The van der Waals surface area contributed by atoms with E-state index in [-0.39, 0.29) is 29.7 Å². The topological polar surface area (TPSA) is 89.0 Å². The summed E-state index contributed by atoms with van der Waals surface area (Å²) >= 11 is 0. The number of nitrogens with zero attached hydrogens (tertiary/aromatic N) is 1. The summed E-state index contributed by atoms with van der Waals surface area (Å²) in [6.45, 7) is 6.75. The zero-order valence-corrected chi connectivity index (χ0v) is 19.7. The van der Waals surface area contributed by atoms with E-state index in [2.05, 4.69) is 15.6 Å². The molecule has 27 heavy (non-hydrogen) atoms. The van der Waals surface area contributed by atoms with Crippen LogP contribution in [0.3, 0.4) is 0 Å². The molecular formula is C18H32IN3O4S. The number of benzene rings is 1. The van der Waals surface area contributed by atoms with Crippen LogP contribution in [0.5, 0.6) is 5.75 Å². The van der Waals surface area contributed by atoms with Crippen LogP contribution in [0, 0.1) is 6.92 Å². The molecule has 0 aliphatic rings. The molecule has 0 aromatic heterocycles. The number of hydrogen-bond donors (Lipinski definition) is 2. The fraction of sp³-hybridized carbons (Fsp3) is 0.611. The highest BCUT2D eigenvalue weighted by atomic mass is 127. The third-order valence-electron chi connectivity index (χ3n) is 3.50. The van der Waals surface area contributed by atoms with Gasteiger partial charge in [0.2, 0.25) is 0 Å². The van der Waals surface area contributed by atoms with E-state index in [0.717, 1.165) is 23.4 Å². The molecule has 0 atom stereocenters. The Balaban J connectivity index is 0.00000676. The summed E-state index contributed by atoms with van der Waals surface area (Å²) in [5.74, 6) is 1.62. The molecule has 1 aromatic carbocycles. The van der Waals surface area contributed by atoms with Crippen molar-refractivity contribution in [3.63, 3.8) is 0 Å². The van der Waals surface area contributed by atoms with Crippen LogP contribution in [-0.4, -0.2) is 59.8 Å². The minimum Gasteiger partial charge on any atom is -0.491 e. The average molecular weight is 513 g/mol. The van der Waals surface area contributed by atoms with Crippen molar-refractivity contribution in [3.05, 3.63) is 29.3 Å². The third-order valence-corrected chi connectivity index (χ3v) is 4.53. The van der Waals surface area contributed by atoms with Crippen LogP contribution >= 0.6 is 24.0 Å². The quantitative estimate of drug-likeness (QED) is 0.204. The van der Waals surface area contributed by atoms with Crippen LogP contribution in [0.2, 0.25) is 0 Å². The maximum Gasteiger partial charge on any atom is 0.191 e. The molecule has 0 saturated heterocycles. The van der Waals surface area contributed by atoms with Crippen LogP contribution in [0.4, 0.5) is 0 Å². The predicted octanol–water partition coefficient (Wildman–Crippen LogP) is 2.13. The lowest BCUT2D eigenvalue weighted by atomic mass is 10.1. The van der Waals surface area contributed by atoms with Crippen molar-refractivity contribution in [2.24, 2.45) is 4.99 Å². The largest absolute Gasteiger partial charge is 0.491 e. The fourth-order valence-corrected chi connectivity index (χ4v) is 2.88. The molecule has 156 valence electrons.